The molecule has 1 fully saturated rings. The van der Waals surface area contributed by atoms with Crippen LogP contribution in [0.25, 0.3) is 11.1 Å². The maximum Gasteiger partial charge on any atom is 0.409 e. The number of hydrogen-bond acceptors (Lipinski definition) is 8. The first-order valence-corrected chi connectivity index (χ1v) is 19.0. The number of ether oxygens (including phenoxy) is 6. The number of carbonyl (C=O) groups excluding carboxylic acids is 1. The first-order valence-electron chi connectivity index (χ1n) is 19.0. The fourth-order valence-electron chi connectivity index (χ4n) is 7.23. The lowest BCUT2D eigenvalue weighted by Gasteiger charge is -2.45. The molecule has 56 heavy (non-hydrogen) atoms. The molecule has 1 heterocycles. The zero-order valence-electron chi connectivity index (χ0n) is 31.4. The van der Waals surface area contributed by atoms with Crippen LogP contribution in [-0.4, -0.2) is 60.7 Å². The minimum atomic E-state index is -1.50. The molecule has 5 aromatic rings. The van der Waals surface area contributed by atoms with E-state index in [0.29, 0.717) is 0 Å². The monoisotopic (exact) mass is 757 g/mol. The Bertz CT molecular complexity index is 1980. The molecule has 7 rings (SSSR count). The molecule has 0 spiro atoms. The van der Waals surface area contributed by atoms with Gasteiger partial charge in [-0.2, -0.15) is 0 Å². The molecule has 10 heteroatoms. The zero-order chi connectivity index (χ0) is 38.9. The smallest absolute Gasteiger partial charge is 0.409 e. The van der Waals surface area contributed by atoms with Gasteiger partial charge in [0.2, 0.25) is 0 Å². The number of alkyl carbamates (subject to hydrolysis) is 1. The Morgan fingerprint density at radius 2 is 1.07 bits per heavy atom. The van der Waals surface area contributed by atoms with Crippen LogP contribution in [-0.2, 0) is 53.0 Å². The van der Waals surface area contributed by atoms with E-state index in [1.165, 1.54) is 0 Å². The van der Waals surface area contributed by atoms with E-state index in [0.717, 1.165) is 38.9 Å². The number of aliphatic carboxylic acids is 1. The molecule has 0 aromatic heterocycles. The Kier molecular flexibility index (Phi) is 12.9. The highest BCUT2D eigenvalue weighted by Crippen LogP contribution is 2.44. The van der Waals surface area contributed by atoms with Crippen LogP contribution < -0.4 is 5.32 Å². The molecule has 2 aliphatic rings. The lowest BCUT2D eigenvalue weighted by atomic mass is 9.97. The number of nitrogens with one attached hydrogen (secondary N) is 1. The van der Waals surface area contributed by atoms with Crippen LogP contribution in [0, 0.1) is 5.92 Å². The second kappa shape index (κ2) is 18.5. The summed E-state index contributed by atoms with van der Waals surface area (Å²) in [5.74, 6) is -1.67. The summed E-state index contributed by atoms with van der Waals surface area (Å²) in [6.07, 6.45) is -7.47. The van der Waals surface area contributed by atoms with Crippen molar-refractivity contribution in [2.45, 2.75) is 76.5 Å². The summed E-state index contributed by atoms with van der Waals surface area (Å²) in [4.78, 5) is 26.5. The number of amides is 1. The molecule has 290 valence electrons. The second-order valence-electron chi connectivity index (χ2n) is 14.3. The Hall–Kier alpha value is -5.36. The van der Waals surface area contributed by atoms with E-state index in [4.69, 9.17) is 28.4 Å². The van der Waals surface area contributed by atoms with Crippen molar-refractivity contribution >= 4 is 12.1 Å². The van der Waals surface area contributed by atoms with Crippen LogP contribution in [0.15, 0.2) is 140 Å². The Morgan fingerprint density at radius 1 is 0.625 bits per heavy atom. The molecule has 1 aliphatic carbocycles. The molecule has 0 bridgehead atoms. The fourth-order valence-corrected chi connectivity index (χ4v) is 7.23. The Balaban J connectivity index is 1.13. The number of benzene rings is 5. The molecule has 2 N–H and O–H groups in total. The summed E-state index contributed by atoms with van der Waals surface area (Å²) in [6.45, 7) is 4.27. The zero-order valence-corrected chi connectivity index (χ0v) is 31.4. The highest BCUT2D eigenvalue weighted by Gasteiger charge is 2.52. The van der Waals surface area contributed by atoms with Gasteiger partial charge in [-0.25, -0.2) is 9.59 Å². The van der Waals surface area contributed by atoms with Crippen LogP contribution in [0.5, 0.6) is 0 Å². The topological polar surface area (TPSA) is 122 Å². The van der Waals surface area contributed by atoms with Crippen LogP contribution in [0.3, 0.4) is 0 Å². The molecular formula is C46H47NO9. The SMILES string of the molecule is CC(C)[C@H](NC(=O)OCC1c2ccccc2-c2ccccc21)O[C@@H]1O[C@H](C(=O)O)[C@@H](OCc2ccccc2)[C@H](OCc2ccccc2)[C@H]1OCc1ccccc1. The van der Waals surface area contributed by atoms with Gasteiger partial charge >= 0.3 is 12.1 Å². The van der Waals surface area contributed by atoms with Gasteiger partial charge < -0.3 is 33.5 Å². The summed E-state index contributed by atoms with van der Waals surface area (Å²) >= 11 is 0. The molecule has 0 radical (unpaired) electrons. The van der Waals surface area contributed by atoms with Gasteiger partial charge in [0.05, 0.1) is 19.8 Å². The average molecular weight is 758 g/mol. The van der Waals surface area contributed by atoms with Crippen LogP contribution in [0.1, 0.15) is 47.6 Å². The van der Waals surface area contributed by atoms with Crippen molar-refractivity contribution in [3.8, 4) is 11.1 Å². The number of carboxylic acid groups (broad SMARTS) is 1. The van der Waals surface area contributed by atoms with Crippen molar-refractivity contribution in [1.29, 1.82) is 0 Å². The van der Waals surface area contributed by atoms with Crippen molar-refractivity contribution in [2.24, 2.45) is 5.92 Å². The van der Waals surface area contributed by atoms with Gasteiger partial charge in [0.25, 0.3) is 0 Å². The van der Waals surface area contributed by atoms with Crippen LogP contribution in [0.4, 0.5) is 4.79 Å². The predicted octanol–water partition coefficient (Wildman–Crippen LogP) is 8.09. The van der Waals surface area contributed by atoms with E-state index in [1.807, 2.05) is 129 Å². The maximum absolute atomic E-state index is 13.5. The summed E-state index contributed by atoms with van der Waals surface area (Å²) in [5.41, 5.74) is 7.05. The fraction of sp³-hybridized carbons (Fsp3) is 0.304. The molecule has 6 atom stereocenters. The van der Waals surface area contributed by atoms with Crippen molar-refractivity contribution < 1.29 is 43.1 Å². The first-order chi connectivity index (χ1) is 27.4. The van der Waals surface area contributed by atoms with Crippen molar-refractivity contribution in [3.63, 3.8) is 0 Å². The van der Waals surface area contributed by atoms with Gasteiger partial charge in [0.1, 0.15) is 31.1 Å². The molecule has 10 nitrogen and oxygen atoms in total. The van der Waals surface area contributed by atoms with Crippen LogP contribution >= 0.6 is 0 Å². The van der Waals surface area contributed by atoms with E-state index < -0.39 is 49.0 Å². The summed E-state index contributed by atoms with van der Waals surface area (Å²) in [6, 6.07) is 44.9. The summed E-state index contributed by atoms with van der Waals surface area (Å²) < 4.78 is 38.2. The molecule has 5 aromatic carbocycles. The minimum absolute atomic E-state index is 0.110. The molecule has 0 saturated carbocycles. The highest BCUT2D eigenvalue weighted by molar-refractivity contribution is 5.79. The quantitative estimate of drug-likeness (QED) is 0.0963. The van der Waals surface area contributed by atoms with Crippen molar-refractivity contribution in [1.82, 2.24) is 5.32 Å². The van der Waals surface area contributed by atoms with E-state index >= 15 is 0 Å². The van der Waals surface area contributed by atoms with Crippen LogP contribution in [0.2, 0.25) is 0 Å². The third kappa shape index (κ3) is 9.35. The van der Waals surface area contributed by atoms with Crippen molar-refractivity contribution in [2.75, 3.05) is 6.61 Å². The minimum Gasteiger partial charge on any atom is -0.479 e. The van der Waals surface area contributed by atoms with E-state index in [9.17, 15) is 14.7 Å². The number of carbonyl (C=O) groups is 2. The molecular weight excluding hydrogens is 711 g/mol. The van der Waals surface area contributed by atoms with Gasteiger partial charge in [-0.05, 0) is 44.9 Å². The van der Waals surface area contributed by atoms with Gasteiger partial charge in [0, 0.05) is 5.92 Å². The lowest BCUT2D eigenvalue weighted by molar-refractivity contribution is -0.331. The highest BCUT2D eigenvalue weighted by atomic mass is 16.7. The largest absolute Gasteiger partial charge is 0.479 e. The Morgan fingerprint density at radius 3 is 1.55 bits per heavy atom. The van der Waals surface area contributed by atoms with E-state index in [-0.39, 0.29) is 38.3 Å². The third-order valence-corrected chi connectivity index (χ3v) is 10.1. The number of fused-ring (bicyclic) bond motifs is 3. The predicted molar refractivity (Wildman–Crippen MR) is 209 cm³/mol. The van der Waals surface area contributed by atoms with Gasteiger partial charge in [-0.15, -0.1) is 0 Å². The molecule has 1 saturated heterocycles. The number of hydrogen-bond donors (Lipinski definition) is 2. The number of rotatable bonds is 16. The number of carboxylic acids is 1. The maximum atomic E-state index is 13.5. The van der Waals surface area contributed by atoms with E-state index in [2.05, 4.69) is 29.6 Å². The van der Waals surface area contributed by atoms with Gasteiger partial charge in [0.15, 0.2) is 12.4 Å². The standard InChI is InChI=1S/C46H47NO9/c1-30(2)43(47-46(50)54-29-38-36-24-14-12-22-34(36)35-23-13-15-25-37(35)38)56-45-42(53-28-33-20-10-5-11-21-33)40(52-27-32-18-8-4-9-19-32)39(41(55-45)44(48)49)51-26-31-16-6-3-7-17-31/h3-25,30,38-43,45H,26-29H2,1-2H3,(H,47,50)(H,48,49)/t39-,40-,41-,42+,43+,45-/m0/s1. The second-order valence-corrected chi connectivity index (χ2v) is 14.3. The Labute approximate surface area is 327 Å². The average Bonchev–Trinajstić information content (AvgIpc) is 3.55. The normalized spacial score (nSPS) is 20.9. The summed E-state index contributed by atoms with van der Waals surface area (Å²) in [5, 5.41) is 13.4. The summed E-state index contributed by atoms with van der Waals surface area (Å²) in [7, 11) is 0. The first kappa shape index (κ1) is 38.9. The molecule has 0 unspecified atom stereocenters. The van der Waals surface area contributed by atoms with Crippen molar-refractivity contribution in [3.05, 3.63) is 167 Å². The van der Waals surface area contributed by atoms with Gasteiger partial charge in [-0.1, -0.05) is 153 Å². The molecule has 1 aliphatic heterocycles. The third-order valence-electron chi connectivity index (χ3n) is 10.1. The molecule has 1 amide bonds. The lowest BCUT2D eigenvalue weighted by Crippen LogP contribution is -2.64. The van der Waals surface area contributed by atoms with Gasteiger partial charge in [-0.3, -0.25) is 5.32 Å². The van der Waals surface area contributed by atoms with E-state index in [1.54, 1.807) is 0 Å².